The Hall–Kier alpha value is -2.35. The Balaban J connectivity index is 1.41. The molecule has 2 saturated carbocycles. The minimum atomic E-state index is -0.388. The second kappa shape index (κ2) is 6.82. The minimum Gasteiger partial charge on any atom is -0.456 e. The van der Waals surface area contributed by atoms with Crippen LogP contribution >= 0.6 is 0 Å². The van der Waals surface area contributed by atoms with Crippen molar-refractivity contribution in [2.45, 2.75) is 32.1 Å². The molecule has 5 heteroatoms. The first-order valence-electron chi connectivity index (χ1n) is 8.09. The van der Waals surface area contributed by atoms with Gasteiger partial charge in [0.25, 0.3) is 5.91 Å². The Morgan fingerprint density at radius 3 is 2.87 bits per heavy atom. The van der Waals surface area contributed by atoms with Gasteiger partial charge in [0.05, 0.1) is 11.6 Å². The lowest BCUT2D eigenvalue weighted by atomic mass is 9.86. The number of rotatable bonds is 5. The number of nitrogens with zero attached hydrogens (tertiary/aromatic N) is 1. The summed E-state index contributed by atoms with van der Waals surface area (Å²) < 4.78 is 5.09. The molecule has 1 N–H and O–H groups in total. The third-order valence-electron chi connectivity index (χ3n) is 4.95. The lowest BCUT2D eigenvalue weighted by molar-refractivity contribution is -0.148. The van der Waals surface area contributed by atoms with Crippen LogP contribution < -0.4 is 5.32 Å². The zero-order valence-electron chi connectivity index (χ0n) is 13.0. The van der Waals surface area contributed by atoms with Gasteiger partial charge in [0.15, 0.2) is 6.61 Å². The fraction of sp³-hybridized carbons (Fsp3) is 0.500. The molecule has 2 aliphatic carbocycles. The Labute approximate surface area is 135 Å². The maximum Gasteiger partial charge on any atom is 0.306 e. The van der Waals surface area contributed by atoms with Crippen LogP contribution in [0.25, 0.3) is 0 Å². The van der Waals surface area contributed by atoms with Crippen LogP contribution in [-0.4, -0.2) is 18.5 Å². The van der Waals surface area contributed by atoms with Gasteiger partial charge in [0.2, 0.25) is 0 Å². The van der Waals surface area contributed by atoms with E-state index in [9.17, 15) is 9.59 Å². The van der Waals surface area contributed by atoms with Gasteiger partial charge < -0.3 is 10.1 Å². The summed E-state index contributed by atoms with van der Waals surface area (Å²) in [7, 11) is 0. The quantitative estimate of drug-likeness (QED) is 0.848. The molecule has 0 heterocycles. The maximum absolute atomic E-state index is 11.9. The van der Waals surface area contributed by atoms with E-state index in [-0.39, 0.29) is 18.5 Å². The third kappa shape index (κ3) is 3.89. The third-order valence-corrected chi connectivity index (χ3v) is 4.95. The van der Waals surface area contributed by atoms with Gasteiger partial charge in [-0.3, -0.25) is 9.59 Å². The molecule has 0 saturated heterocycles. The number of carbonyl (C=O) groups excluding carboxylic acids is 2. The first kappa shape index (κ1) is 15.5. The first-order valence-corrected chi connectivity index (χ1v) is 8.09. The summed E-state index contributed by atoms with van der Waals surface area (Å²) >= 11 is 0. The summed E-state index contributed by atoms with van der Waals surface area (Å²) in [5.74, 6) is 1.24. The van der Waals surface area contributed by atoms with E-state index in [1.54, 1.807) is 24.3 Å². The van der Waals surface area contributed by atoms with Gasteiger partial charge in [-0.2, -0.15) is 5.26 Å². The van der Waals surface area contributed by atoms with Crippen LogP contribution in [0.5, 0.6) is 0 Å². The van der Waals surface area contributed by atoms with Gasteiger partial charge in [-0.15, -0.1) is 0 Å². The van der Waals surface area contributed by atoms with Gasteiger partial charge >= 0.3 is 5.97 Å². The molecule has 2 fully saturated rings. The number of carbonyl (C=O) groups is 2. The summed E-state index contributed by atoms with van der Waals surface area (Å²) in [6, 6.07) is 8.62. The Kier molecular flexibility index (Phi) is 4.61. The van der Waals surface area contributed by atoms with E-state index in [0.717, 1.165) is 12.3 Å². The van der Waals surface area contributed by atoms with Crippen LogP contribution in [0.1, 0.15) is 37.7 Å². The molecule has 1 aromatic carbocycles. The zero-order valence-corrected chi connectivity index (χ0v) is 13.0. The number of nitriles is 1. The van der Waals surface area contributed by atoms with Crippen molar-refractivity contribution in [1.29, 1.82) is 5.26 Å². The largest absolute Gasteiger partial charge is 0.456 e. The van der Waals surface area contributed by atoms with Crippen LogP contribution in [0.15, 0.2) is 24.3 Å². The normalized spacial score (nSPS) is 24.9. The van der Waals surface area contributed by atoms with Crippen molar-refractivity contribution in [2.75, 3.05) is 11.9 Å². The summed E-state index contributed by atoms with van der Waals surface area (Å²) in [5, 5.41) is 11.4. The molecule has 0 radical (unpaired) electrons. The second-order valence-corrected chi connectivity index (χ2v) is 6.54. The number of hydrogen-bond donors (Lipinski definition) is 1. The summed E-state index contributed by atoms with van der Waals surface area (Å²) in [5.41, 5.74) is 0.995. The topological polar surface area (TPSA) is 79.2 Å². The van der Waals surface area contributed by atoms with Gasteiger partial charge in [0, 0.05) is 12.1 Å². The second-order valence-electron chi connectivity index (χ2n) is 6.54. The Morgan fingerprint density at radius 2 is 2.17 bits per heavy atom. The van der Waals surface area contributed by atoms with E-state index in [2.05, 4.69) is 5.32 Å². The van der Waals surface area contributed by atoms with E-state index in [4.69, 9.17) is 10.00 Å². The zero-order chi connectivity index (χ0) is 16.2. The predicted octanol–water partition coefficient (Wildman–Crippen LogP) is 2.87. The highest BCUT2D eigenvalue weighted by atomic mass is 16.5. The van der Waals surface area contributed by atoms with Crippen molar-refractivity contribution in [3.8, 4) is 6.07 Å². The van der Waals surface area contributed by atoms with Crippen molar-refractivity contribution in [3.63, 3.8) is 0 Å². The fourth-order valence-electron chi connectivity index (χ4n) is 3.91. The standard InChI is InChI=1S/C18H20N2O3/c19-10-13-2-1-3-16(8-13)20-17(21)11-23-18(22)9-15-7-12-4-5-14(15)6-12/h1-3,8,12,14-15H,4-7,9,11H2,(H,20,21)/t12-,14-,15-/m1/s1. The fourth-order valence-corrected chi connectivity index (χ4v) is 3.91. The Morgan fingerprint density at radius 1 is 1.30 bits per heavy atom. The number of anilines is 1. The molecule has 2 bridgehead atoms. The number of hydrogen-bond acceptors (Lipinski definition) is 4. The van der Waals surface area contributed by atoms with E-state index in [1.165, 1.54) is 19.3 Å². The van der Waals surface area contributed by atoms with Crippen LogP contribution in [0.2, 0.25) is 0 Å². The van der Waals surface area contributed by atoms with Gasteiger partial charge in [-0.1, -0.05) is 12.5 Å². The average molecular weight is 312 g/mol. The van der Waals surface area contributed by atoms with Gasteiger partial charge in [-0.25, -0.2) is 0 Å². The number of nitrogens with one attached hydrogen (secondary N) is 1. The van der Waals surface area contributed by atoms with Gasteiger partial charge in [-0.05, 0) is 55.2 Å². The summed E-state index contributed by atoms with van der Waals surface area (Å²) in [6.45, 7) is -0.281. The van der Waals surface area contributed by atoms with Crippen molar-refractivity contribution in [2.24, 2.45) is 17.8 Å². The molecule has 0 aliphatic heterocycles. The SMILES string of the molecule is N#Cc1cccc(NC(=O)COC(=O)C[C@H]2C[C@@H]3CC[C@@H]2C3)c1. The lowest BCUT2D eigenvalue weighted by Gasteiger charge is -2.20. The number of amides is 1. The van der Waals surface area contributed by atoms with Crippen LogP contribution in [0, 0.1) is 29.1 Å². The molecule has 120 valence electrons. The molecule has 0 aromatic heterocycles. The number of benzene rings is 1. The predicted molar refractivity (Wildman–Crippen MR) is 84.3 cm³/mol. The average Bonchev–Trinajstić information content (AvgIpc) is 3.16. The van der Waals surface area contributed by atoms with E-state index < -0.39 is 0 Å². The highest BCUT2D eigenvalue weighted by Crippen LogP contribution is 2.49. The van der Waals surface area contributed by atoms with Crippen LogP contribution in [-0.2, 0) is 14.3 Å². The molecule has 0 unspecified atom stereocenters. The molecule has 23 heavy (non-hydrogen) atoms. The smallest absolute Gasteiger partial charge is 0.306 e. The van der Waals surface area contributed by atoms with Crippen molar-refractivity contribution >= 4 is 17.6 Å². The molecular formula is C18H20N2O3. The van der Waals surface area contributed by atoms with Gasteiger partial charge in [0.1, 0.15) is 0 Å². The molecule has 0 spiro atoms. The number of fused-ring (bicyclic) bond motifs is 2. The lowest BCUT2D eigenvalue weighted by Crippen LogP contribution is -2.23. The monoisotopic (exact) mass is 312 g/mol. The van der Waals surface area contributed by atoms with Crippen LogP contribution in [0.3, 0.4) is 0 Å². The highest BCUT2D eigenvalue weighted by Gasteiger charge is 2.40. The summed E-state index contributed by atoms with van der Waals surface area (Å²) in [6.07, 6.45) is 5.36. The molecule has 3 atom stereocenters. The highest BCUT2D eigenvalue weighted by molar-refractivity contribution is 5.92. The number of ether oxygens (including phenoxy) is 1. The van der Waals surface area contributed by atoms with Crippen molar-refractivity contribution < 1.29 is 14.3 Å². The van der Waals surface area contributed by atoms with E-state index >= 15 is 0 Å². The minimum absolute atomic E-state index is 0.281. The molecule has 1 amide bonds. The first-order chi connectivity index (χ1) is 11.1. The Bertz CT molecular complexity index is 650. The molecule has 2 aliphatic rings. The van der Waals surface area contributed by atoms with E-state index in [1.807, 2.05) is 6.07 Å². The number of esters is 1. The summed E-state index contributed by atoms with van der Waals surface area (Å²) in [4.78, 5) is 23.7. The van der Waals surface area contributed by atoms with Crippen molar-refractivity contribution in [3.05, 3.63) is 29.8 Å². The molecular weight excluding hydrogens is 292 g/mol. The molecule has 1 aromatic rings. The van der Waals surface area contributed by atoms with E-state index in [0.29, 0.717) is 29.5 Å². The molecule has 5 nitrogen and oxygen atoms in total. The van der Waals surface area contributed by atoms with Crippen LogP contribution in [0.4, 0.5) is 5.69 Å². The molecule has 3 rings (SSSR count). The maximum atomic E-state index is 11.9. The van der Waals surface area contributed by atoms with Crippen molar-refractivity contribution in [1.82, 2.24) is 0 Å².